The summed E-state index contributed by atoms with van der Waals surface area (Å²) < 4.78 is 5.07. The third-order valence-corrected chi connectivity index (χ3v) is 12.3. The minimum absolute atomic E-state index is 1.10. The Morgan fingerprint density at radius 3 is 1.68 bits per heavy atom. The van der Waals surface area contributed by atoms with Gasteiger partial charge in [0, 0.05) is 53.6 Å². The van der Waals surface area contributed by atoms with Gasteiger partial charge in [0.2, 0.25) is 0 Å². The predicted octanol–water partition coefficient (Wildman–Crippen LogP) is 15.6. The van der Waals surface area contributed by atoms with Gasteiger partial charge in [-0.25, -0.2) is 0 Å². The van der Waals surface area contributed by atoms with E-state index in [-0.39, 0.29) is 0 Å². The second-order valence-corrected chi connectivity index (χ2v) is 15.6. The summed E-state index contributed by atoms with van der Waals surface area (Å²) in [6.45, 7) is 0. The fourth-order valence-electron chi connectivity index (χ4n) is 8.52. The van der Waals surface area contributed by atoms with E-state index in [1.54, 1.807) is 0 Å². The van der Waals surface area contributed by atoms with Crippen molar-refractivity contribution in [3.05, 3.63) is 218 Å². The lowest BCUT2D eigenvalue weighted by molar-refractivity contribution is 1.19. The first-order chi connectivity index (χ1) is 28.3. The van der Waals surface area contributed by atoms with Crippen molar-refractivity contribution in [3.63, 3.8) is 0 Å². The van der Waals surface area contributed by atoms with Crippen molar-refractivity contribution in [2.24, 2.45) is 0 Å². The molecule has 2 heterocycles. The van der Waals surface area contributed by atoms with Gasteiger partial charge in [0.15, 0.2) is 0 Å². The molecule has 0 N–H and O–H groups in total. The number of thiophene rings is 1. The molecule has 0 amide bonds. The van der Waals surface area contributed by atoms with Crippen molar-refractivity contribution >= 4 is 70.4 Å². The van der Waals surface area contributed by atoms with Crippen LogP contribution in [-0.2, 0) is 0 Å². The number of benzene rings is 9. The van der Waals surface area contributed by atoms with E-state index in [1.165, 1.54) is 75.5 Å². The molecule has 0 radical (unpaired) electrons. The van der Waals surface area contributed by atoms with Crippen molar-refractivity contribution < 1.29 is 0 Å². The van der Waals surface area contributed by atoms with Gasteiger partial charge in [-0.2, -0.15) is 0 Å². The monoisotopic (exact) mass is 744 g/mol. The molecule has 0 aliphatic heterocycles. The first-order valence-corrected chi connectivity index (χ1v) is 20.2. The molecule has 0 fully saturated rings. The van der Waals surface area contributed by atoms with Crippen molar-refractivity contribution in [3.8, 4) is 39.1 Å². The van der Waals surface area contributed by atoms with Gasteiger partial charge >= 0.3 is 0 Å². The van der Waals surface area contributed by atoms with Crippen LogP contribution in [-0.4, -0.2) is 4.57 Å². The highest BCUT2D eigenvalue weighted by Gasteiger charge is 2.21. The lowest BCUT2D eigenvalue weighted by Gasteiger charge is -2.29. The minimum atomic E-state index is 1.10. The average molecular weight is 745 g/mol. The molecule has 0 aliphatic rings. The van der Waals surface area contributed by atoms with Crippen LogP contribution >= 0.6 is 11.3 Å². The Kier molecular flexibility index (Phi) is 8.04. The lowest BCUT2D eigenvalue weighted by Crippen LogP contribution is -2.11. The molecular weight excluding hydrogens is 709 g/mol. The van der Waals surface area contributed by atoms with Crippen LogP contribution in [0.4, 0.5) is 17.1 Å². The number of fused-ring (bicyclic) bond motifs is 6. The molecule has 0 atom stereocenters. The zero-order chi connectivity index (χ0) is 37.7. The molecule has 268 valence electrons. The van der Waals surface area contributed by atoms with E-state index >= 15 is 0 Å². The van der Waals surface area contributed by atoms with Gasteiger partial charge < -0.3 is 9.47 Å². The SMILES string of the molecule is c1ccc(-c2cc(-c3ccccc3)cc(N(c3ccccc3)c3ccccc3-c3ccc4c(c3)c3ccccc3n4-c3ccc4sc5ccccc5c4c3)c2)cc1. The molecule has 0 bridgehead atoms. The van der Waals surface area contributed by atoms with E-state index in [0.717, 1.165) is 22.6 Å². The second-order valence-electron chi connectivity index (χ2n) is 14.6. The Bertz CT molecular complexity index is 3180. The Hall–Kier alpha value is -7.20. The Morgan fingerprint density at radius 1 is 0.333 bits per heavy atom. The third-order valence-electron chi connectivity index (χ3n) is 11.2. The number of anilines is 3. The first kappa shape index (κ1) is 33.2. The van der Waals surface area contributed by atoms with Crippen LogP contribution < -0.4 is 4.90 Å². The molecular formula is C54H36N2S. The summed E-state index contributed by atoms with van der Waals surface area (Å²) in [7, 11) is 0. The maximum Gasteiger partial charge on any atom is 0.0541 e. The molecule has 57 heavy (non-hydrogen) atoms. The Balaban J connectivity index is 1.11. The van der Waals surface area contributed by atoms with Crippen LogP contribution in [0.1, 0.15) is 0 Å². The quantitative estimate of drug-likeness (QED) is 0.158. The molecule has 0 saturated heterocycles. The number of hydrogen-bond donors (Lipinski definition) is 0. The number of hydrogen-bond acceptors (Lipinski definition) is 2. The summed E-state index contributed by atoms with van der Waals surface area (Å²) in [6, 6.07) is 79.5. The lowest BCUT2D eigenvalue weighted by atomic mass is 9.96. The highest BCUT2D eigenvalue weighted by atomic mass is 32.1. The molecule has 3 heteroatoms. The van der Waals surface area contributed by atoms with Crippen LogP contribution in [0.2, 0.25) is 0 Å². The van der Waals surface area contributed by atoms with Gasteiger partial charge in [-0.3, -0.25) is 0 Å². The molecule has 11 rings (SSSR count). The molecule has 0 saturated carbocycles. The molecule has 0 unspecified atom stereocenters. The normalized spacial score (nSPS) is 11.5. The smallest absolute Gasteiger partial charge is 0.0541 e. The van der Waals surface area contributed by atoms with Gasteiger partial charge in [-0.1, -0.05) is 140 Å². The minimum Gasteiger partial charge on any atom is -0.310 e. The standard InChI is InChI=1S/C54H36N2S/c1-4-16-37(17-5-1)40-32-41(38-18-6-2-7-19-38)34-44(33-40)55(42-20-8-3-9-21-42)50-25-13-10-22-45(50)39-28-30-52-48(35-39)46-23-11-14-26-51(46)56(52)43-29-31-54-49(36-43)47-24-12-15-27-53(47)57-54/h1-36H. The highest BCUT2D eigenvalue weighted by Crippen LogP contribution is 2.45. The Morgan fingerprint density at radius 2 is 0.930 bits per heavy atom. The summed E-state index contributed by atoms with van der Waals surface area (Å²) in [5.41, 5.74) is 13.9. The predicted molar refractivity (Wildman–Crippen MR) is 245 cm³/mol. The van der Waals surface area contributed by atoms with Crippen molar-refractivity contribution in [2.75, 3.05) is 4.90 Å². The van der Waals surface area contributed by atoms with E-state index in [0.29, 0.717) is 0 Å². The molecule has 2 nitrogen and oxygen atoms in total. The summed E-state index contributed by atoms with van der Waals surface area (Å²) in [5.74, 6) is 0. The van der Waals surface area contributed by atoms with Crippen LogP contribution in [0.5, 0.6) is 0 Å². The maximum atomic E-state index is 2.43. The summed E-state index contributed by atoms with van der Waals surface area (Å²) in [5, 5.41) is 5.09. The van der Waals surface area contributed by atoms with Crippen LogP contribution in [0, 0.1) is 0 Å². The van der Waals surface area contributed by atoms with E-state index in [4.69, 9.17) is 0 Å². The topological polar surface area (TPSA) is 8.17 Å². The summed E-state index contributed by atoms with van der Waals surface area (Å²) in [6.07, 6.45) is 0. The molecule has 11 aromatic rings. The molecule has 0 spiro atoms. The molecule has 2 aromatic heterocycles. The van der Waals surface area contributed by atoms with E-state index in [2.05, 4.69) is 228 Å². The largest absolute Gasteiger partial charge is 0.310 e. The van der Waals surface area contributed by atoms with Crippen LogP contribution in [0.15, 0.2) is 218 Å². The van der Waals surface area contributed by atoms with Crippen molar-refractivity contribution in [1.29, 1.82) is 0 Å². The number of nitrogens with zero attached hydrogens (tertiary/aromatic N) is 2. The van der Waals surface area contributed by atoms with E-state index < -0.39 is 0 Å². The van der Waals surface area contributed by atoms with Gasteiger partial charge in [0.05, 0.1) is 16.7 Å². The van der Waals surface area contributed by atoms with Crippen molar-refractivity contribution in [2.45, 2.75) is 0 Å². The van der Waals surface area contributed by atoms with Crippen molar-refractivity contribution in [1.82, 2.24) is 4.57 Å². The molecule has 9 aromatic carbocycles. The summed E-state index contributed by atoms with van der Waals surface area (Å²) in [4.78, 5) is 2.42. The Labute approximate surface area is 335 Å². The van der Waals surface area contributed by atoms with E-state index in [1.807, 2.05) is 11.3 Å². The van der Waals surface area contributed by atoms with Gasteiger partial charge in [-0.05, 0) is 107 Å². The highest BCUT2D eigenvalue weighted by molar-refractivity contribution is 7.25. The maximum absolute atomic E-state index is 2.43. The van der Waals surface area contributed by atoms with Gasteiger partial charge in [-0.15, -0.1) is 11.3 Å². The van der Waals surface area contributed by atoms with Crippen LogP contribution in [0.3, 0.4) is 0 Å². The number of aromatic nitrogens is 1. The fourth-order valence-corrected chi connectivity index (χ4v) is 9.61. The van der Waals surface area contributed by atoms with E-state index in [9.17, 15) is 0 Å². The average Bonchev–Trinajstić information content (AvgIpc) is 3.82. The third kappa shape index (κ3) is 5.80. The first-order valence-electron chi connectivity index (χ1n) is 19.4. The van der Waals surface area contributed by atoms with Crippen LogP contribution in [0.25, 0.3) is 81.0 Å². The number of para-hydroxylation sites is 3. The molecule has 0 aliphatic carbocycles. The zero-order valence-electron chi connectivity index (χ0n) is 31.1. The number of rotatable bonds is 7. The fraction of sp³-hybridized carbons (Fsp3) is 0. The second kappa shape index (κ2) is 13.8. The zero-order valence-corrected chi connectivity index (χ0v) is 31.9. The summed E-state index contributed by atoms with van der Waals surface area (Å²) >= 11 is 1.86. The van der Waals surface area contributed by atoms with Gasteiger partial charge in [0.1, 0.15) is 0 Å². The van der Waals surface area contributed by atoms with Gasteiger partial charge in [0.25, 0.3) is 0 Å².